The van der Waals surface area contributed by atoms with Crippen LogP contribution in [0.4, 0.5) is 27.6 Å². The molecule has 3 aromatic rings. The van der Waals surface area contributed by atoms with Crippen molar-refractivity contribution in [2.24, 2.45) is 14.7 Å². The van der Waals surface area contributed by atoms with Crippen LogP contribution in [-0.4, -0.2) is 44.4 Å². The van der Waals surface area contributed by atoms with Crippen LogP contribution in [0.1, 0.15) is 41.0 Å². The summed E-state index contributed by atoms with van der Waals surface area (Å²) in [6.45, 7) is 0.884. The van der Waals surface area contributed by atoms with Gasteiger partial charge in [0, 0.05) is 24.7 Å². The minimum absolute atomic E-state index is 0.0451. The smallest absolute Gasteiger partial charge is 0.406 e. The van der Waals surface area contributed by atoms with E-state index < -0.39 is 22.3 Å². The number of fused-ring (bicyclic) bond motifs is 2. The van der Waals surface area contributed by atoms with E-state index in [4.69, 9.17) is 0 Å². The predicted octanol–water partition coefficient (Wildman–Crippen LogP) is 5.97. The lowest BCUT2D eigenvalue weighted by atomic mass is 9.75. The number of likely N-dealkylation sites (tertiary alicyclic amines) is 1. The number of nitrogens with one attached hydrogen (secondary N) is 1. The second-order valence-corrected chi connectivity index (χ2v) is 11.8. The van der Waals surface area contributed by atoms with Crippen molar-refractivity contribution in [1.82, 2.24) is 4.90 Å². The zero-order chi connectivity index (χ0) is 29.6. The number of aryl methyl sites for hydroxylation is 2. The predicted molar refractivity (Wildman–Crippen MR) is 147 cm³/mol. The highest BCUT2D eigenvalue weighted by Crippen LogP contribution is 2.43. The number of halogens is 5. The van der Waals surface area contributed by atoms with Crippen molar-refractivity contribution in [2.45, 2.75) is 38.0 Å². The summed E-state index contributed by atoms with van der Waals surface area (Å²) in [6, 6.07) is 14.3. The number of nitrogens with zero attached hydrogens (tertiary/aromatic N) is 3. The Morgan fingerprint density at radius 1 is 0.881 bits per heavy atom. The Labute approximate surface area is 238 Å². The lowest BCUT2D eigenvalue weighted by Gasteiger charge is -2.39. The molecule has 7 nitrogen and oxygen atoms in total. The van der Waals surface area contributed by atoms with Crippen LogP contribution >= 0.6 is 0 Å². The first-order valence-electron chi connectivity index (χ1n) is 13.3. The molecule has 1 aliphatic carbocycles. The first-order chi connectivity index (χ1) is 19.9. The fourth-order valence-corrected chi connectivity index (χ4v) is 6.92. The van der Waals surface area contributed by atoms with Gasteiger partial charge in [0.05, 0.1) is 0 Å². The second-order valence-electron chi connectivity index (χ2n) is 10.5. The molecule has 1 saturated heterocycles. The summed E-state index contributed by atoms with van der Waals surface area (Å²) in [6.07, 6.45) is -2.23. The molecule has 1 unspecified atom stereocenters. The van der Waals surface area contributed by atoms with Gasteiger partial charge in [-0.05, 0) is 102 Å². The maximum Gasteiger partial charge on any atom is 0.573 e. The first kappa shape index (κ1) is 28.1. The van der Waals surface area contributed by atoms with E-state index in [9.17, 15) is 30.4 Å². The Morgan fingerprint density at radius 3 is 2.10 bits per heavy atom. The normalized spacial score (nSPS) is 20.2. The zero-order valence-electron chi connectivity index (χ0n) is 22.0. The summed E-state index contributed by atoms with van der Waals surface area (Å²) in [5.41, 5.74) is 3.93. The van der Waals surface area contributed by atoms with E-state index in [1.165, 1.54) is 36.4 Å². The molecule has 0 amide bonds. The van der Waals surface area contributed by atoms with Crippen LogP contribution in [0, 0.1) is 17.6 Å². The van der Waals surface area contributed by atoms with E-state index >= 15 is 0 Å². The molecule has 0 radical (unpaired) electrons. The molecule has 42 heavy (non-hydrogen) atoms. The summed E-state index contributed by atoms with van der Waals surface area (Å²) >= 11 is 0. The molecular weight excluding hydrogens is 579 g/mol. The Hall–Kier alpha value is -4.00. The largest absolute Gasteiger partial charge is 0.573 e. The van der Waals surface area contributed by atoms with Gasteiger partial charge in [-0.2, -0.15) is 8.42 Å². The van der Waals surface area contributed by atoms with Gasteiger partial charge in [-0.25, -0.2) is 8.78 Å². The molecule has 0 saturated carbocycles. The maximum absolute atomic E-state index is 14.2. The lowest BCUT2D eigenvalue weighted by molar-refractivity contribution is -0.274. The van der Waals surface area contributed by atoms with Crippen LogP contribution < -0.4 is 10.1 Å². The van der Waals surface area contributed by atoms with E-state index in [1.807, 2.05) is 4.90 Å². The van der Waals surface area contributed by atoms with Crippen molar-refractivity contribution in [1.29, 1.82) is 0 Å². The monoisotopic (exact) mass is 604 g/mol. The third-order valence-electron chi connectivity index (χ3n) is 7.74. The number of hydrogen-bond acceptors (Lipinski definition) is 5. The summed E-state index contributed by atoms with van der Waals surface area (Å²) < 4.78 is 102. The SMILES string of the molecule is O=S1(=O)N=C(Nc2ccc(OC(F)(F)F)cc2)C(N2CCCC(C3c4ccc(F)cc4CCc4cc(F)ccc43)C2)=N1. The summed E-state index contributed by atoms with van der Waals surface area (Å²) in [4.78, 5) is 1.82. The summed E-state index contributed by atoms with van der Waals surface area (Å²) in [5, 5.41) is 2.86. The molecule has 0 bridgehead atoms. The van der Waals surface area contributed by atoms with E-state index in [2.05, 4.69) is 18.8 Å². The fraction of sp³-hybridized carbons (Fsp3) is 0.310. The zero-order valence-corrected chi connectivity index (χ0v) is 22.9. The number of rotatable bonds is 3. The van der Waals surface area contributed by atoms with Gasteiger partial charge in [0.15, 0.2) is 11.7 Å². The number of alkyl halides is 3. The molecule has 3 aliphatic rings. The molecule has 0 spiro atoms. The molecular formula is C29H25F5N4O3S. The molecule has 13 heteroatoms. The van der Waals surface area contributed by atoms with Crippen molar-refractivity contribution >= 4 is 27.6 Å². The molecule has 1 N–H and O–H groups in total. The molecule has 220 valence electrons. The highest BCUT2D eigenvalue weighted by atomic mass is 32.2. The number of amidine groups is 2. The Kier molecular flexibility index (Phi) is 7.16. The van der Waals surface area contributed by atoms with Crippen LogP contribution in [0.3, 0.4) is 0 Å². The Balaban J connectivity index is 1.29. The molecule has 2 aliphatic heterocycles. The fourth-order valence-electron chi connectivity index (χ4n) is 6.10. The van der Waals surface area contributed by atoms with Crippen LogP contribution in [0.25, 0.3) is 0 Å². The van der Waals surface area contributed by atoms with Crippen molar-refractivity contribution < 1.29 is 35.1 Å². The Morgan fingerprint density at radius 2 is 1.50 bits per heavy atom. The molecule has 1 atom stereocenters. The Bertz CT molecular complexity index is 1640. The van der Waals surface area contributed by atoms with Crippen molar-refractivity contribution in [3.63, 3.8) is 0 Å². The standard InChI is InChI=1S/C29H25F5N4O3S/c30-20-5-11-24-17(14-20)3-4-18-15-21(31)6-12-25(18)26(24)19-2-1-13-38(16-19)28-27(36-42(39,40)37-28)35-22-7-9-23(10-8-22)41-29(32,33)34/h5-12,14-15,19,26H,1-4,13,16H2,(H,35,36). The molecule has 0 aromatic heterocycles. The maximum atomic E-state index is 14.2. The van der Waals surface area contributed by atoms with Gasteiger partial charge in [-0.15, -0.1) is 22.0 Å². The molecule has 3 aromatic carbocycles. The number of benzene rings is 3. The highest BCUT2D eigenvalue weighted by Gasteiger charge is 2.37. The highest BCUT2D eigenvalue weighted by molar-refractivity contribution is 7.89. The minimum atomic E-state index is -4.84. The molecule has 6 rings (SSSR count). The van der Waals surface area contributed by atoms with Gasteiger partial charge in [-0.3, -0.25) is 0 Å². The average molecular weight is 605 g/mol. The van der Waals surface area contributed by atoms with Gasteiger partial charge in [-0.1, -0.05) is 12.1 Å². The topological polar surface area (TPSA) is 83.4 Å². The number of hydrogen-bond donors (Lipinski definition) is 1. The van der Waals surface area contributed by atoms with Crippen LogP contribution in [0.5, 0.6) is 5.75 Å². The third-order valence-corrected chi connectivity index (χ3v) is 8.56. The van der Waals surface area contributed by atoms with Gasteiger partial charge in [0.2, 0.25) is 0 Å². The first-order valence-corrected chi connectivity index (χ1v) is 14.7. The van der Waals surface area contributed by atoms with Gasteiger partial charge in [0.25, 0.3) is 0 Å². The van der Waals surface area contributed by atoms with Gasteiger partial charge in [0.1, 0.15) is 17.4 Å². The molecule has 1 fully saturated rings. The van der Waals surface area contributed by atoms with Crippen molar-refractivity contribution in [2.75, 3.05) is 18.4 Å². The van der Waals surface area contributed by atoms with Crippen LogP contribution in [-0.2, 0) is 23.1 Å². The van der Waals surface area contributed by atoms with Crippen LogP contribution in [0.15, 0.2) is 69.5 Å². The lowest BCUT2D eigenvalue weighted by Crippen LogP contribution is -2.45. The summed E-state index contributed by atoms with van der Waals surface area (Å²) in [7, 11) is -4.19. The quantitative estimate of drug-likeness (QED) is 0.373. The molecule has 2 heterocycles. The van der Waals surface area contributed by atoms with E-state index in [1.54, 1.807) is 12.1 Å². The van der Waals surface area contributed by atoms with E-state index in [0.717, 1.165) is 40.8 Å². The van der Waals surface area contributed by atoms with E-state index in [0.29, 0.717) is 32.4 Å². The van der Waals surface area contributed by atoms with Gasteiger partial charge >= 0.3 is 16.6 Å². The van der Waals surface area contributed by atoms with E-state index in [-0.39, 0.29) is 40.8 Å². The average Bonchev–Trinajstić information content (AvgIpc) is 3.14. The number of piperidine rings is 1. The third kappa shape index (κ3) is 5.96. The second kappa shape index (κ2) is 10.7. The van der Waals surface area contributed by atoms with Crippen LogP contribution in [0.2, 0.25) is 0 Å². The van der Waals surface area contributed by atoms with Crippen molar-refractivity contribution in [3.05, 3.63) is 94.6 Å². The minimum Gasteiger partial charge on any atom is -0.406 e. The number of ether oxygens (including phenoxy) is 1. The van der Waals surface area contributed by atoms with Gasteiger partial charge < -0.3 is 15.0 Å². The van der Waals surface area contributed by atoms with Crippen molar-refractivity contribution in [3.8, 4) is 5.75 Å². The summed E-state index contributed by atoms with van der Waals surface area (Å²) in [5.74, 6) is -1.29. The number of anilines is 1.